The average molecular weight is 243 g/mol. The molecule has 2 nitrogen and oxygen atoms in total. The molecule has 104 valence electrons. The van der Waals surface area contributed by atoms with Crippen LogP contribution in [0.25, 0.3) is 0 Å². The molecule has 0 aliphatic rings. The molecule has 0 spiro atoms. The third-order valence-electron chi connectivity index (χ3n) is 3.51. The Hall–Kier alpha value is -0.0800. The Morgan fingerprint density at radius 1 is 0.824 bits per heavy atom. The summed E-state index contributed by atoms with van der Waals surface area (Å²) in [6.45, 7) is 4.47. The van der Waals surface area contributed by atoms with Crippen molar-refractivity contribution in [2.45, 2.75) is 90.1 Å². The first-order valence-electron chi connectivity index (χ1n) is 7.55. The minimum Gasteiger partial charge on any atom is -0.389 e. The van der Waals surface area contributed by atoms with E-state index in [1.54, 1.807) is 0 Å². The zero-order valence-electron chi connectivity index (χ0n) is 12.0. The number of unbranched alkanes of at least 4 members (excludes halogenated alkanes) is 9. The van der Waals surface area contributed by atoms with E-state index in [0.717, 1.165) is 12.8 Å². The van der Waals surface area contributed by atoms with Gasteiger partial charge in [0.2, 0.25) is 0 Å². The molecule has 0 radical (unpaired) electrons. The topological polar surface area (TPSA) is 46.2 Å². The van der Waals surface area contributed by atoms with Gasteiger partial charge in [0.25, 0.3) is 0 Å². The predicted molar refractivity (Wildman–Crippen MR) is 76.1 cm³/mol. The number of aliphatic hydroxyl groups is 1. The van der Waals surface area contributed by atoms with Gasteiger partial charge in [-0.15, -0.1) is 0 Å². The van der Waals surface area contributed by atoms with Crippen molar-refractivity contribution in [2.24, 2.45) is 5.73 Å². The number of rotatable bonds is 12. The molecular formula is C15H33NO. The van der Waals surface area contributed by atoms with E-state index in [2.05, 4.69) is 6.92 Å². The van der Waals surface area contributed by atoms with E-state index < -0.39 is 5.60 Å². The fraction of sp³-hybridized carbons (Fsp3) is 1.00. The van der Waals surface area contributed by atoms with E-state index in [4.69, 9.17) is 5.73 Å². The SMILES string of the molecule is CCCCCCCCCCCCC(C)(O)CN. The van der Waals surface area contributed by atoms with Gasteiger partial charge in [-0.25, -0.2) is 0 Å². The highest BCUT2D eigenvalue weighted by Gasteiger charge is 2.16. The van der Waals surface area contributed by atoms with Crippen LogP contribution in [0.15, 0.2) is 0 Å². The van der Waals surface area contributed by atoms with Crippen molar-refractivity contribution in [3.05, 3.63) is 0 Å². The Bertz CT molecular complexity index is 157. The maximum absolute atomic E-state index is 9.72. The van der Waals surface area contributed by atoms with E-state index in [1.807, 2.05) is 6.92 Å². The summed E-state index contributed by atoms with van der Waals surface area (Å²) in [5.41, 5.74) is 4.84. The second-order valence-electron chi connectivity index (χ2n) is 5.63. The van der Waals surface area contributed by atoms with Crippen LogP contribution in [-0.4, -0.2) is 17.3 Å². The fourth-order valence-corrected chi connectivity index (χ4v) is 2.10. The minimum atomic E-state index is -0.639. The molecule has 0 saturated carbocycles. The zero-order valence-corrected chi connectivity index (χ0v) is 12.0. The quantitative estimate of drug-likeness (QED) is 0.509. The molecule has 0 aromatic heterocycles. The zero-order chi connectivity index (χ0) is 13.0. The van der Waals surface area contributed by atoms with Crippen LogP contribution in [0.4, 0.5) is 0 Å². The lowest BCUT2D eigenvalue weighted by molar-refractivity contribution is 0.0571. The normalized spacial score (nSPS) is 14.8. The van der Waals surface area contributed by atoms with Gasteiger partial charge in [0, 0.05) is 6.54 Å². The molecule has 0 aliphatic heterocycles. The molecule has 0 fully saturated rings. The van der Waals surface area contributed by atoms with Crippen LogP contribution < -0.4 is 5.73 Å². The molecule has 0 aromatic carbocycles. The van der Waals surface area contributed by atoms with E-state index in [1.165, 1.54) is 57.8 Å². The molecule has 17 heavy (non-hydrogen) atoms. The van der Waals surface area contributed by atoms with Crippen LogP contribution in [0, 0.1) is 0 Å². The first kappa shape index (κ1) is 16.9. The van der Waals surface area contributed by atoms with Crippen molar-refractivity contribution in [1.29, 1.82) is 0 Å². The minimum absolute atomic E-state index is 0.379. The largest absolute Gasteiger partial charge is 0.389 e. The van der Waals surface area contributed by atoms with Crippen LogP contribution in [0.2, 0.25) is 0 Å². The molecule has 0 bridgehead atoms. The van der Waals surface area contributed by atoms with Crippen LogP contribution in [-0.2, 0) is 0 Å². The van der Waals surface area contributed by atoms with Crippen molar-refractivity contribution in [3.8, 4) is 0 Å². The van der Waals surface area contributed by atoms with Gasteiger partial charge in [-0.2, -0.15) is 0 Å². The average Bonchev–Trinajstić information content (AvgIpc) is 2.31. The summed E-state index contributed by atoms with van der Waals surface area (Å²) in [5, 5.41) is 9.72. The molecule has 2 heteroatoms. The Labute approximate surface area is 108 Å². The Morgan fingerprint density at radius 3 is 1.65 bits per heavy atom. The lowest BCUT2D eigenvalue weighted by Crippen LogP contribution is -2.33. The summed E-state index contributed by atoms with van der Waals surface area (Å²) < 4.78 is 0. The third kappa shape index (κ3) is 12.2. The summed E-state index contributed by atoms with van der Waals surface area (Å²) in [6, 6.07) is 0. The maximum atomic E-state index is 9.72. The van der Waals surface area contributed by atoms with Gasteiger partial charge < -0.3 is 10.8 Å². The number of nitrogens with two attached hydrogens (primary N) is 1. The molecule has 0 rings (SSSR count). The lowest BCUT2D eigenvalue weighted by atomic mass is 9.97. The highest BCUT2D eigenvalue weighted by molar-refractivity contribution is 4.72. The van der Waals surface area contributed by atoms with Crippen molar-refractivity contribution >= 4 is 0 Å². The molecule has 0 aliphatic carbocycles. The summed E-state index contributed by atoms with van der Waals surface area (Å²) in [4.78, 5) is 0. The maximum Gasteiger partial charge on any atom is 0.0741 e. The van der Waals surface area contributed by atoms with Gasteiger partial charge in [0.1, 0.15) is 0 Å². The van der Waals surface area contributed by atoms with Gasteiger partial charge in [0.15, 0.2) is 0 Å². The van der Waals surface area contributed by atoms with E-state index in [-0.39, 0.29) is 0 Å². The van der Waals surface area contributed by atoms with Crippen molar-refractivity contribution < 1.29 is 5.11 Å². The molecule has 0 saturated heterocycles. The lowest BCUT2D eigenvalue weighted by Gasteiger charge is -2.20. The molecule has 1 unspecified atom stereocenters. The molecular weight excluding hydrogens is 210 g/mol. The Kier molecular flexibility index (Phi) is 11.0. The van der Waals surface area contributed by atoms with Crippen LogP contribution in [0.1, 0.15) is 84.5 Å². The van der Waals surface area contributed by atoms with Gasteiger partial charge in [-0.1, -0.05) is 71.1 Å². The van der Waals surface area contributed by atoms with Crippen LogP contribution in [0.3, 0.4) is 0 Å². The van der Waals surface area contributed by atoms with E-state index >= 15 is 0 Å². The summed E-state index contributed by atoms with van der Waals surface area (Å²) in [5.74, 6) is 0. The first-order chi connectivity index (χ1) is 8.12. The molecule has 0 heterocycles. The van der Waals surface area contributed by atoms with Crippen LogP contribution >= 0.6 is 0 Å². The smallest absolute Gasteiger partial charge is 0.0741 e. The van der Waals surface area contributed by atoms with Gasteiger partial charge in [0.05, 0.1) is 5.60 Å². The summed E-state index contributed by atoms with van der Waals surface area (Å²) in [6.07, 6.45) is 14.2. The number of hydrogen-bond acceptors (Lipinski definition) is 2. The van der Waals surface area contributed by atoms with Crippen molar-refractivity contribution in [2.75, 3.05) is 6.54 Å². The summed E-state index contributed by atoms with van der Waals surface area (Å²) >= 11 is 0. The standard InChI is InChI=1S/C15H33NO/c1-3-4-5-6-7-8-9-10-11-12-13-15(2,17)14-16/h17H,3-14,16H2,1-2H3. The van der Waals surface area contributed by atoms with Gasteiger partial charge in [-0.3, -0.25) is 0 Å². The van der Waals surface area contributed by atoms with Crippen molar-refractivity contribution in [1.82, 2.24) is 0 Å². The fourth-order valence-electron chi connectivity index (χ4n) is 2.10. The van der Waals surface area contributed by atoms with Gasteiger partial charge in [-0.05, 0) is 13.3 Å². The van der Waals surface area contributed by atoms with Gasteiger partial charge >= 0.3 is 0 Å². The highest BCUT2D eigenvalue weighted by atomic mass is 16.3. The summed E-state index contributed by atoms with van der Waals surface area (Å²) in [7, 11) is 0. The highest BCUT2D eigenvalue weighted by Crippen LogP contribution is 2.15. The molecule has 0 amide bonds. The first-order valence-corrected chi connectivity index (χ1v) is 7.55. The van der Waals surface area contributed by atoms with Crippen LogP contribution in [0.5, 0.6) is 0 Å². The monoisotopic (exact) mass is 243 g/mol. The third-order valence-corrected chi connectivity index (χ3v) is 3.51. The Balaban J connectivity index is 3.09. The molecule has 0 aromatic rings. The molecule has 3 N–H and O–H groups in total. The van der Waals surface area contributed by atoms with E-state index in [0.29, 0.717) is 6.54 Å². The van der Waals surface area contributed by atoms with Crippen molar-refractivity contribution in [3.63, 3.8) is 0 Å². The molecule has 1 atom stereocenters. The Morgan fingerprint density at radius 2 is 1.24 bits per heavy atom. The number of hydrogen-bond donors (Lipinski definition) is 2. The van der Waals surface area contributed by atoms with E-state index in [9.17, 15) is 5.11 Å². The second-order valence-corrected chi connectivity index (χ2v) is 5.63. The second kappa shape index (κ2) is 11.0. The predicted octanol–water partition coefficient (Wildman–Crippen LogP) is 4.01.